The summed E-state index contributed by atoms with van der Waals surface area (Å²) in [5, 5.41) is 15.1. The fourth-order valence-corrected chi connectivity index (χ4v) is 5.60. The molecule has 140 valence electrons. The van der Waals surface area contributed by atoms with Crippen LogP contribution < -0.4 is 5.32 Å². The number of thiophene rings is 1. The lowest BCUT2D eigenvalue weighted by Crippen LogP contribution is -2.55. The lowest BCUT2D eigenvalue weighted by atomic mass is 9.95. The molecule has 1 aliphatic heterocycles. The van der Waals surface area contributed by atoms with Crippen molar-refractivity contribution in [2.24, 2.45) is 11.8 Å². The first-order chi connectivity index (χ1) is 12.5. The van der Waals surface area contributed by atoms with E-state index in [1.54, 1.807) is 11.0 Å². The molecule has 9 heteroatoms. The summed E-state index contributed by atoms with van der Waals surface area (Å²) in [7, 11) is 0. The van der Waals surface area contributed by atoms with Gasteiger partial charge in [-0.25, -0.2) is 0 Å². The number of amides is 1. The van der Waals surface area contributed by atoms with Crippen LogP contribution in [0.5, 0.6) is 0 Å². The van der Waals surface area contributed by atoms with E-state index in [-0.39, 0.29) is 10.9 Å². The number of piperazine rings is 1. The molecular formula is C17H22N4O3S2. The SMILES string of the molecule is O=C(c1ccc([N+](=O)[O-])s1)N1CCN(C(=S)NC2CC3CCC2C3)CC1. The minimum Gasteiger partial charge on any atom is -0.360 e. The summed E-state index contributed by atoms with van der Waals surface area (Å²) in [4.78, 5) is 27.2. The first-order valence-electron chi connectivity index (χ1n) is 9.10. The molecule has 3 fully saturated rings. The molecule has 2 bridgehead atoms. The molecule has 3 atom stereocenters. The number of nitro groups is 1. The van der Waals surface area contributed by atoms with Gasteiger partial charge in [0.15, 0.2) is 5.11 Å². The van der Waals surface area contributed by atoms with Crippen LogP contribution in [0.15, 0.2) is 12.1 Å². The highest BCUT2D eigenvalue weighted by Gasteiger charge is 2.40. The van der Waals surface area contributed by atoms with Gasteiger partial charge in [-0.05, 0) is 49.4 Å². The topological polar surface area (TPSA) is 78.7 Å². The minimum atomic E-state index is -0.459. The van der Waals surface area contributed by atoms with E-state index in [1.807, 2.05) is 0 Å². The van der Waals surface area contributed by atoms with E-state index in [4.69, 9.17) is 12.2 Å². The number of hydrogen-bond donors (Lipinski definition) is 1. The van der Waals surface area contributed by atoms with E-state index < -0.39 is 4.92 Å². The van der Waals surface area contributed by atoms with E-state index >= 15 is 0 Å². The molecule has 0 aromatic carbocycles. The van der Waals surface area contributed by atoms with Crippen molar-refractivity contribution < 1.29 is 9.72 Å². The van der Waals surface area contributed by atoms with Crippen LogP contribution in [0.3, 0.4) is 0 Å². The predicted octanol–water partition coefficient (Wildman–Crippen LogP) is 2.48. The molecule has 2 heterocycles. The Morgan fingerprint density at radius 3 is 2.50 bits per heavy atom. The number of carbonyl (C=O) groups is 1. The number of hydrogen-bond acceptors (Lipinski definition) is 5. The first-order valence-corrected chi connectivity index (χ1v) is 10.3. The molecule has 1 saturated heterocycles. The zero-order valence-electron chi connectivity index (χ0n) is 14.4. The number of nitrogens with one attached hydrogen (secondary N) is 1. The van der Waals surface area contributed by atoms with E-state index in [1.165, 1.54) is 31.7 Å². The molecule has 1 aromatic heterocycles. The molecule has 4 rings (SSSR count). The molecule has 1 N–H and O–H groups in total. The minimum absolute atomic E-state index is 0.00299. The van der Waals surface area contributed by atoms with Crippen molar-refractivity contribution in [2.75, 3.05) is 26.2 Å². The third-order valence-electron chi connectivity index (χ3n) is 5.88. The van der Waals surface area contributed by atoms with Crippen LogP contribution in [0.4, 0.5) is 5.00 Å². The second-order valence-electron chi connectivity index (χ2n) is 7.41. The lowest BCUT2D eigenvalue weighted by molar-refractivity contribution is -0.380. The summed E-state index contributed by atoms with van der Waals surface area (Å²) in [5.41, 5.74) is 0. The van der Waals surface area contributed by atoms with Crippen molar-refractivity contribution in [1.82, 2.24) is 15.1 Å². The summed E-state index contributed by atoms with van der Waals surface area (Å²) >= 11 is 6.53. The summed E-state index contributed by atoms with van der Waals surface area (Å²) in [5.74, 6) is 1.52. The summed E-state index contributed by atoms with van der Waals surface area (Å²) in [6.45, 7) is 2.57. The second kappa shape index (κ2) is 7.11. The fourth-order valence-electron chi connectivity index (χ4n) is 4.48. The zero-order valence-corrected chi connectivity index (χ0v) is 16.1. The van der Waals surface area contributed by atoms with Crippen molar-refractivity contribution in [3.05, 3.63) is 27.1 Å². The molecule has 2 aliphatic carbocycles. The quantitative estimate of drug-likeness (QED) is 0.482. The average molecular weight is 395 g/mol. The fraction of sp³-hybridized carbons (Fsp3) is 0.647. The van der Waals surface area contributed by atoms with Gasteiger partial charge in [0, 0.05) is 38.3 Å². The number of fused-ring (bicyclic) bond motifs is 2. The Morgan fingerprint density at radius 1 is 1.19 bits per heavy atom. The van der Waals surface area contributed by atoms with Crippen LogP contribution in [0.25, 0.3) is 0 Å². The maximum Gasteiger partial charge on any atom is 0.324 e. The Bertz CT molecular complexity index is 729. The van der Waals surface area contributed by atoms with Gasteiger partial charge in [-0.15, -0.1) is 0 Å². The number of rotatable bonds is 3. The van der Waals surface area contributed by atoms with Crippen LogP contribution >= 0.6 is 23.6 Å². The molecule has 7 nitrogen and oxygen atoms in total. The Balaban J connectivity index is 1.28. The predicted molar refractivity (Wildman–Crippen MR) is 103 cm³/mol. The van der Waals surface area contributed by atoms with E-state index in [9.17, 15) is 14.9 Å². The van der Waals surface area contributed by atoms with E-state index in [2.05, 4.69) is 10.2 Å². The molecule has 1 amide bonds. The molecule has 0 spiro atoms. The zero-order chi connectivity index (χ0) is 18.3. The Morgan fingerprint density at radius 2 is 1.92 bits per heavy atom. The molecule has 3 unspecified atom stereocenters. The van der Waals surface area contributed by atoms with Gasteiger partial charge < -0.3 is 15.1 Å². The van der Waals surface area contributed by atoms with Gasteiger partial charge in [0.2, 0.25) is 0 Å². The molecular weight excluding hydrogens is 372 g/mol. The van der Waals surface area contributed by atoms with Crippen molar-refractivity contribution >= 4 is 39.6 Å². The molecule has 0 radical (unpaired) electrons. The third kappa shape index (κ3) is 3.42. The van der Waals surface area contributed by atoms with Crippen LogP contribution in [0, 0.1) is 22.0 Å². The van der Waals surface area contributed by atoms with Gasteiger partial charge >= 0.3 is 5.00 Å². The lowest BCUT2D eigenvalue weighted by Gasteiger charge is -2.37. The highest BCUT2D eigenvalue weighted by Crippen LogP contribution is 2.44. The van der Waals surface area contributed by atoms with Gasteiger partial charge in [0.05, 0.1) is 9.80 Å². The van der Waals surface area contributed by atoms with Crippen LogP contribution in [-0.2, 0) is 0 Å². The average Bonchev–Trinajstić information content (AvgIpc) is 3.37. The highest BCUT2D eigenvalue weighted by atomic mass is 32.1. The number of carbonyl (C=O) groups excluding carboxylic acids is 1. The second-order valence-corrected chi connectivity index (χ2v) is 8.85. The standard InChI is InChI=1S/C17H22N4O3S2/c22-16(14-3-4-15(26-14)21(23)24)19-5-7-20(8-6-19)17(25)18-13-10-11-1-2-12(13)9-11/h3-4,11-13H,1-2,5-10H2,(H,18,25). The summed E-state index contributed by atoms with van der Waals surface area (Å²) < 4.78 is 0. The Labute approximate surface area is 161 Å². The maximum absolute atomic E-state index is 12.5. The van der Waals surface area contributed by atoms with Crippen molar-refractivity contribution in [2.45, 2.75) is 31.7 Å². The highest BCUT2D eigenvalue weighted by molar-refractivity contribution is 7.80. The van der Waals surface area contributed by atoms with Crippen molar-refractivity contribution in [1.29, 1.82) is 0 Å². The normalized spacial score (nSPS) is 27.6. The molecule has 3 aliphatic rings. The Kier molecular flexibility index (Phi) is 4.83. The van der Waals surface area contributed by atoms with E-state index in [0.29, 0.717) is 37.1 Å². The smallest absolute Gasteiger partial charge is 0.324 e. The van der Waals surface area contributed by atoms with Crippen LogP contribution in [0.2, 0.25) is 0 Å². The summed E-state index contributed by atoms with van der Waals surface area (Å²) in [6, 6.07) is 3.45. The van der Waals surface area contributed by atoms with Crippen molar-refractivity contribution in [3.63, 3.8) is 0 Å². The summed E-state index contributed by atoms with van der Waals surface area (Å²) in [6.07, 6.45) is 5.27. The molecule has 1 aromatic rings. The van der Waals surface area contributed by atoms with Crippen LogP contribution in [0.1, 0.15) is 35.4 Å². The maximum atomic E-state index is 12.5. The third-order valence-corrected chi connectivity index (χ3v) is 7.28. The Hall–Kier alpha value is -1.74. The molecule has 2 saturated carbocycles. The molecule has 26 heavy (non-hydrogen) atoms. The van der Waals surface area contributed by atoms with Gasteiger partial charge in [0.1, 0.15) is 0 Å². The van der Waals surface area contributed by atoms with Gasteiger partial charge in [0.25, 0.3) is 5.91 Å². The largest absolute Gasteiger partial charge is 0.360 e. The van der Waals surface area contributed by atoms with E-state index in [0.717, 1.165) is 28.3 Å². The van der Waals surface area contributed by atoms with Gasteiger partial charge in [-0.3, -0.25) is 14.9 Å². The van der Waals surface area contributed by atoms with Crippen molar-refractivity contribution in [3.8, 4) is 0 Å². The monoisotopic (exact) mass is 394 g/mol. The van der Waals surface area contributed by atoms with Crippen LogP contribution in [-0.4, -0.2) is 58.0 Å². The number of nitrogens with zero attached hydrogens (tertiary/aromatic N) is 3. The van der Waals surface area contributed by atoms with Gasteiger partial charge in [-0.1, -0.05) is 17.8 Å². The number of thiocarbonyl (C=S) groups is 1. The first kappa shape index (κ1) is 17.7. The van der Waals surface area contributed by atoms with Gasteiger partial charge in [-0.2, -0.15) is 0 Å².